The number of nitriles is 1. The van der Waals surface area contributed by atoms with Gasteiger partial charge in [0.2, 0.25) is 0 Å². The first-order valence-corrected chi connectivity index (χ1v) is 9.06. The molecule has 0 atom stereocenters. The largest absolute Gasteiger partial charge is 0.484 e. The summed E-state index contributed by atoms with van der Waals surface area (Å²) >= 11 is 0. The Bertz CT molecular complexity index is 1030. The van der Waals surface area contributed by atoms with Crippen LogP contribution in [0.2, 0.25) is 0 Å². The van der Waals surface area contributed by atoms with Gasteiger partial charge in [-0.1, -0.05) is 24.3 Å². The van der Waals surface area contributed by atoms with E-state index in [0.29, 0.717) is 17.2 Å². The lowest BCUT2D eigenvalue weighted by atomic mass is 10.1. The minimum absolute atomic E-state index is 0.0444. The molecule has 28 heavy (non-hydrogen) atoms. The Balaban J connectivity index is 1.60. The normalized spacial score (nSPS) is 13.6. The number of ether oxygens (including phenoxy) is 2. The monoisotopic (exact) mass is 369 g/mol. The van der Waals surface area contributed by atoms with Gasteiger partial charge in [0.05, 0.1) is 18.8 Å². The molecule has 0 saturated heterocycles. The maximum Gasteiger partial charge on any atom is 0.256 e. The summed E-state index contributed by atoms with van der Waals surface area (Å²) in [6, 6.07) is 16.1. The molecule has 4 rings (SSSR count). The summed E-state index contributed by atoms with van der Waals surface area (Å²) in [5.41, 5.74) is 4.76. The third-order valence-electron chi connectivity index (χ3n) is 4.76. The molecule has 0 spiro atoms. The first-order chi connectivity index (χ1) is 13.8. The number of allylic oxidation sites excluding steroid dienone is 1. The summed E-state index contributed by atoms with van der Waals surface area (Å²) < 4.78 is 11.6. The Labute approximate surface area is 163 Å². The van der Waals surface area contributed by atoms with Gasteiger partial charge >= 0.3 is 0 Å². The number of fused-ring (bicyclic) bond motifs is 1. The Morgan fingerprint density at radius 2 is 1.86 bits per heavy atom. The van der Waals surface area contributed by atoms with E-state index >= 15 is 0 Å². The second-order valence-corrected chi connectivity index (χ2v) is 6.60. The number of hydrogen-bond donors (Lipinski definition) is 0. The van der Waals surface area contributed by atoms with Crippen molar-refractivity contribution < 1.29 is 9.47 Å². The molecule has 0 fully saturated rings. The van der Waals surface area contributed by atoms with Crippen molar-refractivity contribution in [2.24, 2.45) is 0 Å². The fraction of sp³-hybridized carbons (Fsp3) is 0.174. The van der Waals surface area contributed by atoms with Crippen molar-refractivity contribution in [1.82, 2.24) is 9.97 Å². The van der Waals surface area contributed by atoms with Crippen LogP contribution in [0.3, 0.4) is 0 Å². The number of rotatable bonds is 5. The topological polar surface area (TPSA) is 68.0 Å². The van der Waals surface area contributed by atoms with Crippen LogP contribution in [0.15, 0.2) is 61.1 Å². The van der Waals surface area contributed by atoms with E-state index in [1.807, 2.05) is 6.07 Å². The van der Waals surface area contributed by atoms with Crippen molar-refractivity contribution in [2.75, 3.05) is 7.11 Å². The molecule has 0 saturated carbocycles. The molecular weight excluding hydrogens is 350 g/mol. The van der Waals surface area contributed by atoms with Crippen LogP contribution < -0.4 is 9.47 Å². The lowest BCUT2D eigenvalue weighted by molar-refractivity contribution is 0.202. The summed E-state index contributed by atoms with van der Waals surface area (Å²) in [6.07, 6.45) is 8.56. The molecule has 0 radical (unpaired) electrons. The van der Waals surface area contributed by atoms with Gasteiger partial charge in [0.1, 0.15) is 6.10 Å². The Kier molecular flexibility index (Phi) is 5.03. The summed E-state index contributed by atoms with van der Waals surface area (Å²) in [7, 11) is 1.58. The Hall–Kier alpha value is -3.65. The first kappa shape index (κ1) is 17.7. The minimum atomic E-state index is 0.0444. The minimum Gasteiger partial charge on any atom is -0.484 e. The number of benzene rings is 1. The van der Waals surface area contributed by atoms with E-state index in [9.17, 15) is 5.26 Å². The number of pyridine rings is 2. The molecule has 0 unspecified atom stereocenters. The maximum atomic E-state index is 9.53. The molecule has 5 heteroatoms. The summed E-state index contributed by atoms with van der Waals surface area (Å²) in [4.78, 5) is 8.35. The van der Waals surface area contributed by atoms with Crippen molar-refractivity contribution >= 4 is 11.6 Å². The zero-order valence-corrected chi connectivity index (χ0v) is 15.5. The molecule has 2 heterocycles. The quantitative estimate of drug-likeness (QED) is 0.634. The van der Waals surface area contributed by atoms with Gasteiger partial charge in [-0.25, -0.2) is 4.98 Å². The van der Waals surface area contributed by atoms with Crippen LogP contribution in [-0.4, -0.2) is 23.2 Å². The van der Waals surface area contributed by atoms with E-state index in [4.69, 9.17) is 9.47 Å². The van der Waals surface area contributed by atoms with E-state index in [-0.39, 0.29) is 6.10 Å². The summed E-state index contributed by atoms with van der Waals surface area (Å²) in [5, 5.41) is 9.53. The summed E-state index contributed by atoms with van der Waals surface area (Å²) in [6.45, 7) is 0. The highest BCUT2D eigenvalue weighted by molar-refractivity contribution is 5.89. The van der Waals surface area contributed by atoms with Gasteiger partial charge in [0, 0.05) is 31.4 Å². The van der Waals surface area contributed by atoms with Crippen molar-refractivity contribution in [3.05, 3.63) is 83.3 Å². The number of methoxy groups -OCH3 is 1. The van der Waals surface area contributed by atoms with E-state index in [2.05, 4.69) is 40.3 Å². The highest BCUT2D eigenvalue weighted by Gasteiger charge is 2.24. The lowest BCUT2D eigenvalue weighted by Gasteiger charge is -2.15. The number of aromatic nitrogens is 2. The molecule has 0 amide bonds. The molecule has 1 aliphatic rings. The second kappa shape index (κ2) is 7.93. The van der Waals surface area contributed by atoms with Crippen LogP contribution in [0.4, 0.5) is 0 Å². The van der Waals surface area contributed by atoms with Crippen LogP contribution in [0.1, 0.15) is 22.3 Å². The van der Waals surface area contributed by atoms with Gasteiger partial charge in [0.15, 0.2) is 5.75 Å². The van der Waals surface area contributed by atoms with E-state index < -0.39 is 0 Å². The molecular formula is C23H19N3O2. The third-order valence-corrected chi connectivity index (χ3v) is 4.76. The fourth-order valence-electron chi connectivity index (χ4n) is 3.42. The van der Waals surface area contributed by atoms with Gasteiger partial charge in [-0.05, 0) is 46.5 Å². The standard InChI is InChI=1S/C23H19N3O2/c1-27-23-22(28-21-12-18-4-2-3-5-19(18)13-21)11-16(15-26-23)10-20(14-24)17-6-8-25-9-7-17/h2-11,15,21H,12-13H2,1H3/b20-10+. The van der Waals surface area contributed by atoms with Gasteiger partial charge in [-0.3, -0.25) is 4.98 Å². The van der Waals surface area contributed by atoms with Crippen molar-refractivity contribution in [1.29, 1.82) is 5.26 Å². The zero-order chi connectivity index (χ0) is 19.3. The van der Waals surface area contributed by atoms with Crippen LogP contribution >= 0.6 is 0 Å². The van der Waals surface area contributed by atoms with Gasteiger partial charge in [-0.2, -0.15) is 5.26 Å². The van der Waals surface area contributed by atoms with Crippen molar-refractivity contribution in [3.8, 4) is 17.7 Å². The Morgan fingerprint density at radius 1 is 1.14 bits per heavy atom. The highest BCUT2D eigenvalue weighted by atomic mass is 16.5. The van der Waals surface area contributed by atoms with Gasteiger partial charge in [0.25, 0.3) is 5.88 Å². The van der Waals surface area contributed by atoms with Crippen molar-refractivity contribution in [3.63, 3.8) is 0 Å². The summed E-state index contributed by atoms with van der Waals surface area (Å²) in [5.74, 6) is 1.02. The van der Waals surface area contributed by atoms with E-state index in [1.54, 1.807) is 43.9 Å². The van der Waals surface area contributed by atoms with Crippen LogP contribution in [0.25, 0.3) is 11.6 Å². The first-order valence-electron chi connectivity index (χ1n) is 9.06. The number of nitrogens with zero attached hydrogens (tertiary/aromatic N) is 3. The number of hydrogen-bond acceptors (Lipinski definition) is 5. The third kappa shape index (κ3) is 3.72. The van der Waals surface area contributed by atoms with Gasteiger partial charge in [-0.15, -0.1) is 0 Å². The average Bonchev–Trinajstić information content (AvgIpc) is 3.15. The molecule has 5 nitrogen and oxygen atoms in total. The van der Waals surface area contributed by atoms with E-state index in [1.165, 1.54) is 11.1 Å². The van der Waals surface area contributed by atoms with Crippen LogP contribution in [0.5, 0.6) is 11.6 Å². The second-order valence-electron chi connectivity index (χ2n) is 6.60. The van der Waals surface area contributed by atoms with Crippen LogP contribution in [-0.2, 0) is 12.8 Å². The molecule has 138 valence electrons. The van der Waals surface area contributed by atoms with Gasteiger partial charge < -0.3 is 9.47 Å². The van der Waals surface area contributed by atoms with Crippen LogP contribution in [0, 0.1) is 11.3 Å². The molecule has 1 aliphatic carbocycles. The highest BCUT2D eigenvalue weighted by Crippen LogP contribution is 2.31. The maximum absolute atomic E-state index is 9.53. The molecule has 1 aromatic carbocycles. The van der Waals surface area contributed by atoms with Crippen molar-refractivity contribution in [2.45, 2.75) is 18.9 Å². The Morgan fingerprint density at radius 3 is 2.50 bits per heavy atom. The molecule has 3 aromatic rings. The molecule has 0 N–H and O–H groups in total. The predicted octanol–water partition coefficient (Wildman–Crippen LogP) is 4.10. The SMILES string of the molecule is COc1ncc(/C=C(\C#N)c2ccncc2)cc1OC1Cc2ccccc2C1. The predicted molar refractivity (Wildman–Crippen MR) is 107 cm³/mol. The molecule has 0 bridgehead atoms. The average molecular weight is 369 g/mol. The lowest BCUT2D eigenvalue weighted by Crippen LogP contribution is -2.17. The smallest absolute Gasteiger partial charge is 0.256 e. The fourth-order valence-corrected chi connectivity index (χ4v) is 3.42. The molecule has 0 aliphatic heterocycles. The molecule has 2 aromatic heterocycles. The zero-order valence-electron chi connectivity index (χ0n) is 15.5. The van der Waals surface area contributed by atoms with E-state index in [0.717, 1.165) is 24.0 Å².